The van der Waals surface area contributed by atoms with Crippen LogP contribution in [0.1, 0.15) is 36.6 Å². The van der Waals surface area contributed by atoms with Crippen molar-refractivity contribution in [3.8, 4) is 28.5 Å². The van der Waals surface area contributed by atoms with E-state index in [4.69, 9.17) is 26.3 Å². The van der Waals surface area contributed by atoms with E-state index in [1.54, 1.807) is 18.2 Å². The number of ether oxygens (including phenoxy) is 1. The summed E-state index contributed by atoms with van der Waals surface area (Å²) in [6.45, 7) is 9.28. The van der Waals surface area contributed by atoms with Gasteiger partial charge in [-0.1, -0.05) is 24.9 Å². The molecule has 0 amide bonds. The van der Waals surface area contributed by atoms with Gasteiger partial charge in [-0.3, -0.25) is 9.58 Å². The largest absolute Gasteiger partial charge is 0.491 e. The second-order valence-corrected chi connectivity index (χ2v) is 11.9. The van der Waals surface area contributed by atoms with E-state index in [0.29, 0.717) is 54.8 Å². The number of halogens is 4. The van der Waals surface area contributed by atoms with Gasteiger partial charge in [0.25, 0.3) is 0 Å². The number of aliphatic hydroxyl groups excluding tert-OH is 1. The number of alkyl halides is 3. The normalized spacial score (nSPS) is 17.5. The Hall–Kier alpha value is -2.89. The third kappa shape index (κ3) is 6.03. The molecule has 3 aromatic rings. The Morgan fingerprint density at radius 2 is 1.80 bits per heavy atom. The Bertz CT molecular complexity index is 1430. The molecular formula is C29H36ClF3N6O2. The maximum atomic E-state index is 12.8. The summed E-state index contributed by atoms with van der Waals surface area (Å²) in [5, 5.41) is 15.2. The molecule has 5 rings (SSSR count). The zero-order chi connectivity index (χ0) is 29.7. The standard InChI is InChI=1S/C29H36ClF3N6O2/c1-6-7-20(40)11-41-21-8-9-23(30)22(10-21)26-34-24(25-17(2)19(4)36-37(25)5)18(3)27(35-26)39-14-28(15-39)12-38(13-28)16-29(31,32)33/h8-10,20,40H,6-7,11-16H2,1-5H3/t20-/m1/s1. The number of aryl methyl sites for hydroxylation is 2. The van der Waals surface area contributed by atoms with Crippen LogP contribution < -0.4 is 9.64 Å². The summed E-state index contributed by atoms with van der Waals surface area (Å²) in [5.41, 5.74) is 4.78. The molecule has 0 radical (unpaired) electrons. The Kier molecular flexibility index (Phi) is 7.99. The number of anilines is 1. The smallest absolute Gasteiger partial charge is 0.401 e. The van der Waals surface area contributed by atoms with Crippen LogP contribution in [0.15, 0.2) is 18.2 Å². The summed E-state index contributed by atoms with van der Waals surface area (Å²) in [4.78, 5) is 13.5. The zero-order valence-corrected chi connectivity index (χ0v) is 24.8. The van der Waals surface area contributed by atoms with E-state index in [1.165, 1.54) is 4.90 Å². The Morgan fingerprint density at radius 3 is 2.41 bits per heavy atom. The molecule has 0 aliphatic carbocycles. The average molecular weight is 593 g/mol. The maximum absolute atomic E-state index is 12.8. The molecule has 8 nitrogen and oxygen atoms in total. The predicted octanol–water partition coefficient (Wildman–Crippen LogP) is 5.35. The first-order chi connectivity index (χ1) is 19.3. The highest BCUT2D eigenvalue weighted by Crippen LogP contribution is 2.45. The second-order valence-electron chi connectivity index (χ2n) is 11.5. The molecule has 1 N–H and O–H groups in total. The van der Waals surface area contributed by atoms with Gasteiger partial charge in [0.2, 0.25) is 0 Å². The quantitative estimate of drug-likeness (QED) is 0.359. The highest BCUT2D eigenvalue weighted by Gasteiger charge is 2.54. The Morgan fingerprint density at radius 1 is 1.10 bits per heavy atom. The molecule has 222 valence electrons. The van der Waals surface area contributed by atoms with Crippen LogP contribution in [0.25, 0.3) is 22.8 Å². The van der Waals surface area contributed by atoms with Crippen LogP contribution in [-0.4, -0.2) is 81.4 Å². The molecule has 4 heterocycles. The van der Waals surface area contributed by atoms with Gasteiger partial charge in [-0.05, 0) is 51.0 Å². The number of benzene rings is 1. The van der Waals surface area contributed by atoms with Gasteiger partial charge in [0, 0.05) is 49.8 Å². The maximum Gasteiger partial charge on any atom is 0.401 e. The van der Waals surface area contributed by atoms with E-state index in [9.17, 15) is 18.3 Å². The summed E-state index contributed by atoms with van der Waals surface area (Å²) in [5.74, 6) is 1.68. The van der Waals surface area contributed by atoms with Crippen LogP contribution >= 0.6 is 11.6 Å². The fourth-order valence-electron chi connectivity index (χ4n) is 6.01. The van der Waals surface area contributed by atoms with E-state index in [-0.39, 0.29) is 12.0 Å². The summed E-state index contributed by atoms with van der Waals surface area (Å²) in [6, 6.07) is 5.25. The van der Waals surface area contributed by atoms with Crippen molar-refractivity contribution in [3.05, 3.63) is 40.0 Å². The molecule has 12 heteroatoms. The molecule has 41 heavy (non-hydrogen) atoms. The van der Waals surface area contributed by atoms with Crippen molar-refractivity contribution >= 4 is 17.4 Å². The molecule has 2 aromatic heterocycles. The van der Waals surface area contributed by atoms with E-state index >= 15 is 0 Å². The van der Waals surface area contributed by atoms with Gasteiger partial charge in [-0.15, -0.1) is 0 Å². The number of hydrogen-bond acceptors (Lipinski definition) is 7. The number of aromatic nitrogens is 4. The fraction of sp³-hybridized carbons (Fsp3) is 0.552. The van der Waals surface area contributed by atoms with Gasteiger partial charge in [-0.25, -0.2) is 9.97 Å². The number of hydrogen-bond donors (Lipinski definition) is 1. The summed E-state index contributed by atoms with van der Waals surface area (Å²) in [6.07, 6.45) is -3.27. The highest BCUT2D eigenvalue weighted by molar-refractivity contribution is 6.33. The summed E-state index contributed by atoms with van der Waals surface area (Å²) < 4.78 is 46.2. The summed E-state index contributed by atoms with van der Waals surface area (Å²) in [7, 11) is 1.88. The first-order valence-corrected chi connectivity index (χ1v) is 14.2. The predicted molar refractivity (Wildman–Crippen MR) is 152 cm³/mol. The van der Waals surface area contributed by atoms with Crippen LogP contribution in [-0.2, 0) is 7.05 Å². The lowest BCUT2D eigenvalue weighted by Crippen LogP contribution is -2.73. The molecule has 1 atom stereocenters. The van der Waals surface area contributed by atoms with Gasteiger partial charge in [0.05, 0.1) is 34.8 Å². The van der Waals surface area contributed by atoms with Gasteiger partial charge in [0.1, 0.15) is 18.2 Å². The fourth-order valence-corrected chi connectivity index (χ4v) is 6.22. The third-order valence-electron chi connectivity index (χ3n) is 7.98. The van der Waals surface area contributed by atoms with Crippen molar-refractivity contribution in [1.82, 2.24) is 24.6 Å². The Balaban J connectivity index is 1.49. The minimum Gasteiger partial charge on any atom is -0.491 e. The molecule has 1 aromatic carbocycles. The zero-order valence-electron chi connectivity index (χ0n) is 24.0. The van der Waals surface area contributed by atoms with Crippen molar-refractivity contribution in [2.75, 3.05) is 44.2 Å². The van der Waals surface area contributed by atoms with Gasteiger partial charge < -0.3 is 14.7 Å². The van der Waals surface area contributed by atoms with Crippen LogP contribution in [0.3, 0.4) is 0 Å². The van der Waals surface area contributed by atoms with E-state index in [2.05, 4.69) is 10.00 Å². The van der Waals surface area contributed by atoms with Gasteiger partial charge >= 0.3 is 6.18 Å². The third-order valence-corrected chi connectivity index (χ3v) is 8.31. The monoisotopic (exact) mass is 592 g/mol. The van der Waals surface area contributed by atoms with Crippen LogP contribution in [0.5, 0.6) is 5.75 Å². The number of aliphatic hydroxyl groups is 1. The van der Waals surface area contributed by atoms with Crippen molar-refractivity contribution < 1.29 is 23.0 Å². The highest BCUT2D eigenvalue weighted by atomic mass is 35.5. The lowest BCUT2D eigenvalue weighted by Gasteiger charge is -2.61. The number of rotatable bonds is 9. The summed E-state index contributed by atoms with van der Waals surface area (Å²) >= 11 is 6.66. The lowest BCUT2D eigenvalue weighted by molar-refractivity contribution is -0.172. The second kappa shape index (κ2) is 11.1. The molecule has 2 aliphatic heterocycles. The van der Waals surface area contributed by atoms with Crippen molar-refractivity contribution in [2.24, 2.45) is 12.5 Å². The van der Waals surface area contributed by atoms with Crippen LogP contribution in [0.2, 0.25) is 5.02 Å². The molecular weight excluding hydrogens is 557 g/mol. The van der Waals surface area contributed by atoms with E-state index in [0.717, 1.165) is 40.4 Å². The number of nitrogens with zero attached hydrogens (tertiary/aromatic N) is 6. The molecule has 2 aliphatic rings. The minimum absolute atomic E-state index is 0.160. The Labute approximate surface area is 243 Å². The molecule has 0 bridgehead atoms. The van der Waals surface area contributed by atoms with Crippen LogP contribution in [0.4, 0.5) is 19.0 Å². The average Bonchev–Trinajstić information content (AvgIpc) is 3.10. The first kappa shape index (κ1) is 29.6. The van der Waals surface area contributed by atoms with E-state index < -0.39 is 18.8 Å². The van der Waals surface area contributed by atoms with E-state index in [1.807, 2.05) is 39.4 Å². The minimum atomic E-state index is -4.19. The number of likely N-dealkylation sites (tertiary alicyclic amines) is 1. The van der Waals surface area contributed by atoms with Crippen molar-refractivity contribution in [2.45, 2.75) is 52.8 Å². The van der Waals surface area contributed by atoms with Crippen molar-refractivity contribution in [1.29, 1.82) is 0 Å². The molecule has 0 unspecified atom stereocenters. The molecule has 2 saturated heterocycles. The van der Waals surface area contributed by atoms with Crippen LogP contribution in [0, 0.1) is 26.2 Å². The lowest BCUT2D eigenvalue weighted by atomic mass is 9.72. The molecule has 1 spiro atoms. The first-order valence-electron chi connectivity index (χ1n) is 13.8. The molecule has 0 saturated carbocycles. The van der Waals surface area contributed by atoms with Crippen molar-refractivity contribution in [3.63, 3.8) is 0 Å². The van der Waals surface area contributed by atoms with Gasteiger partial charge in [0.15, 0.2) is 5.82 Å². The topological polar surface area (TPSA) is 79.5 Å². The van der Waals surface area contributed by atoms with Gasteiger partial charge in [-0.2, -0.15) is 18.3 Å². The molecule has 2 fully saturated rings. The SMILES string of the molecule is CCC[C@@H](O)COc1ccc(Cl)c(-c2nc(-c3c(C)c(C)nn3C)c(C)c(N3CC4(CN(CC(F)(F)F)C4)C3)n2)c1.